The van der Waals surface area contributed by atoms with Gasteiger partial charge in [0.1, 0.15) is 0 Å². The molecule has 1 atom stereocenters. The number of benzene rings is 2. The third-order valence-corrected chi connectivity index (χ3v) is 4.73. The minimum atomic E-state index is -0.918. The summed E-state index contributed by atoms with van der Waals surface area (Å²) in [6.45, 7) is 2.47. The first-order valence-electron chi connectivity index (χ1n) is 8.08. The lowest BCUT2D eigenvalue weighted by Gasteiger charge is -2.25. The molecular weight excluding hydrogens is 324 g/mol. The molecule has 2 aromatic carbocycles. The molecule has 0 saturated carbocycles. The van der Waals surface area contributed by atoms with E-state index in [4.69, 9.17) is 11.6 Å². The molecule has 0 radical (unpaired) electrons. The maximum atomic E-state index is 11.9. The molecule has 2 aromatic rings. The Labute approximate surface area is 147 Å². The number of nitrogens with zero attached hydrogens (tertiary/aromatic N) is 2. The lowest BCUT2D eigenvalue weighted by Crippen LogP contribution is -2.35. The predicted molar refractivity (Wildman–Crippen MR) is 97.9 cm³/mol. The maximum absolute atomic E-state index is 11.9. The van der Waals surface area contributed by atoms with Gasteiger partial charge in [0.05, 0.1) is 5.69 Å². The molecule has 1 fully saturated rings. The summed E-state index contributed by atoms with van der Waals surface area (Å²) in [6, 6.07) is 15.1. The van der Waals surface area contributed by atoms with Gasteiger partial charge in [-0.05, 0) is 49.7 Å². The molecule has 3 rings (SSSR count). The summed E-state index contributed by atoms with van der Waals surface area (Å²) < 4.78 is 0. The summed E-state index contributed by atoms with van der Waals surface area (Å²) in [7, 11) is 2.07. The van der Waals surface area contributed by atoms with Gasteiger partial charge in [0, 0.05) is 23.7 Å². The standard InChI is InChI=1S/C19H21ClN2O2/c1-21-10-9-14(12-21)13-22(19(23)24)18-8-3-2-7-17(18)15-5-4-6-16(20)11-15/h2-8,11,14H,9-10,12-13H2,1H3,(H,23,24). The van der Waals surface area contributed by atoms with Gasteiger partial charge >= 0.3 is 6.09 Å². The molecule has 1 amide bonds. The van der Waals surface area contributed by atoms with E-state index < -0.39 is 6.09 Å². The van der Waals surface area contributed by atoms with Crippen LogP contribution in [0, 0.1) is 5.92 Å². The van der Waals surface area contributed by atoms with E-state index in [-0.39, 0.29) is 0 Å². The van der Waals surface area contributed by atoms with Crippen LogP contribution in [0.4, 0.5) is 10.5 Å². The van der Waals surface area contributed by atoms with Crippen LogP contribution < -0.4 is 4.90 Å². The highest BCUT2D eigenvalue weighted by molar-refractivity contribution is 6.30. The zero-order chi connectivity index (χ0) is 17.1. The fourth-order valence-electron chi connectivity index (χ4n) is 3.32. The highest BCUT2D eigenvalue weighted by Crippen LogP contribution is 2.33. The Balaban J connectivity index is 1.95. The molecule has 1 heterocycles. The number of carboxylic acid groups (broad SMARTS) is 1. The average Bonchev–Trinajstić information content (AvgIpc) is 2.97. The molecule has 126 valence electrons. The smallest absolute Gasteiger partial charge is 0.411 e. The summed E-state index contributed by atoms with van der Waals surface area (Å²) in [6.07, 6.45) is 0.110. The highest BCUT2D eigenvalue weighted by Gasteiger charge is 2.26. The Kier molecular flexibility index (Phi) is 5.07. The van der Waals surface area contributed by atoms with Gasteiger partial charge in [0.25, 0.3) is 0 Å². The first-order valence-corrected chi connectivity index (χ1v) is 8.46. The molecule has 24 heavy (non-hydrogen) atoms. The maximum Gasteiger partial charge on any atom is 0.411 e. The van der Waals surface area contributed by atoms with Crippen LogP contribution >= 0.6 is 11.6 Å². The van der Waals surface area contributed by atoms with E-state index >= 15 is 0 Å². The van der Waals surface area contributed by atoms with Crippen LogP contribution in [0.3, 0.4) is 0 Å². The molecule has 1 N–H and O–H groups in total. The van der Waals surface area contributed by atoms with Gasteiger partial charge in [-0.2, -0.15) is 0 Å². The summed E-state index contributed by atoms with van der Waals surface area (Å²) in [4.78, 5) is 15.6. The van der Waals surface area contributed by atoms with E-state index in [2.05, 4.69) is 11.9 Å². The number of hydrogen-bond donors (Lipinski definition) is 1. The fourth-order valence-corrected chi connectivity index (χ4v) is 3.51. The minimum absolute atomic E-state index is 0.360. The van der Waals surface area contributed by atoms with Crippen LogP contribution in [0.25, 0.3) is 11.1 Å². The number of para-hydroxylation sites is 1. The Hall–Kier alpha value is -2.04. The van der Waals surface area contributed by atoms with Crippen LogP contribution in [-0.4, -0.2) is 42.8 Å². The summed E-state index contributed by atoms with van der Waals surface area (Å²) in [5.41, 5.74) is 2.52. The summed E-state index contributed by atoms with van der Waals surface area (Å²) >= 11 is 6.11. The number of amides is 1. The predicted octanol–water partition coefficient (Wildman–Crippen LogP) is 4.44. The fraction of sp³-hybridized carbons (Fsp3) is 0.316. The SMILES string of the molecule is CN1CCC(CN(C(=O)O)c2ccccc2-c2cccc(Cl)c2)C1. The number of carbonyl (C=O) groups is 1. The van der Waals surface area contributed by atoms with Gasteiger partial charge in [-0.15, -0.1) is 0 Å². The molecule has 5 heteroatoms. The first-order chi connectivity index (χ1) is 11.5. The van der Waals surface area contributed by atoms with Crippen molar-refractivity contribution in [1.82, 2.24) is 4.90 Å². The normalized spacial score (nSPS) is 17.8. The monoisotopic (exact) mass is 344 g/mol. The molecule has 0 bridgehead atoms. The van der Waals surface area contributed by atoms with E-state index in [1.165, 1.54) is 4.90 Å². The first kappa shape index (κ1) is 16.8. The van der Waals surface area contributed by atoms with Gasteiger partial charge in [-0.1, -0.05) is 41.9 Å². The van der Waals surface area contributed by atoms with Gasteiger partial charge in [-0.3, -0.25) is 4.90 Å². The second kappa shape index (κ2) is 7.24. The largest absolute Gasteiger partial charge is 0.465 e. The van der Waals surface area contributed by atoms with E-state index in [1.807, 2.05) is 48.5 Å². The van der Waals surface area contributed by atoms with Crippen molar-refractivity contribution in [2.75, 3.05) is 31.6 Å². The van der Waals surface area contributed by atoms with Crippen molar-refractivity contribution < 1.29 is 9.90 Å². The van der Waals surface area contributed by atoms with E-state index in [0.717, 1.165) is 30.6 Å². The Bertz CT molecular complexity index is 735. The van der Waals surface area contributed by atoms with Gasteiger partial charge in [0.15, 0.2) is 0 Å². The topological polar surface area (TPSA) is 43.8 Å². The second-order valence-corrected chi connectivity index (χ2v) is 6.77. The third-order valence-electron chi connectivity index (χ3n) is 4.49. The quantitative estimate of drug-likeness (QED) is 0.891. The molecule has 1 unspecified atom stereocenters. The number of hydrogen-bond acceptors (Lipinski definition) is 2. The number of anilines is 1. The molecule has 1 aliphatic rings. The zero-order valence-electron chi connectivity index (χ0n) is 13.7. The van der Waals surface area contributed by atoms with Gasteiger partial charge in [0.2, 0.25) is 0 Å². The molecule has 0 aromatic heterocycles. The lowest BCUT2D eigenvalue weighted by molar-refractivity contribution is 0.200. The highest BCUT2D eigenvalue weighted by atomic mass is 35.5. The second-order valence-electron chi connectivity index (χ2n) is 6.34. The molecule has 4 nitrogen and oxygen atoms in total. The Morgan fingerprint density at radius 3 is 2.75 bits per heavy atom. The molecular formula is C19H21ClN2O2. The molecule has 0 aliphatic carbocycles. The van der Waals surface area contributed by atoms with Crippen molar-refractivity contribution >= 4 is 23.4 Å². The number of likely N-dealkylation sites (tertiary alicyclic amines) is 1. The number of rotatable bonds is 4. The van der Waals surface area contributed by atoms with Crippen LogP contribution in [0.2, 0.25) is 5.02 Å². The third kappa shape index (κ3) is 3.71. The van der Waals surface area contributed by atoms with Crippen LogP contribution in [0.5, 0.6) is 0 Å². The van der Waals surface area contributed by atoms with Gasteiger partial charge < -0.3 is 10.0 Å². The average molecular weight is 345 g/mol. The Morgan fingerprint density at radius 2 is 2.08 bits per heavy atom. The molecule has 1 saturated heterocycles. The zero-order valence-corrected chi connectivity index (χ0v) is 14.4. The summed E-state index contributed by atoms with van der Waals surface area (Å²) in [5, 5.41) is 10.4. The molecule has 0 spiro atoms. The van der Waals surface area contributed by atoms with Crippen molar-refractivity contribution in [1.29, 1.82) is 0 Å². The lowest BCUT2D eigenvalue weighted by atomic mass is 10.0. The van der Waals surface area contributed by atoms with Crippen molar-refractivity contribution in [3.8, 4) is 11.1 Å². The van der Waals surface area contributed by atoms with Crippen molar-refractivity contribution in [2.24, 2.45) is 5.92 Å². The summed E-state index contributed by atoms with van der Waals surface area (Å²) in [5.74, 6) is 0.360. The van der Waals surface area contributed by atoms with Crippen molar-refractivity contribution in [3.05, 3.63) is 53.6 Å². The van der Waals surface area contributed by atoms with E-state index in [9.17, 15) is 9.90 Å². The van der Waals surface area contributed by atoms with Crippen molar-refractivity contribution in [2.45, 2.75) is 6.42 Å². The van der Waals surface area contributed by atoms with E-state index in [0.29, 0.717) is 23.2 Å². The number of halogens is 1. The van der Waals surface area contributed by atoms with Crippen LogP contribution in [0.15, 0.2) is 48.5 Å². The van der Waals surface area contributed by atoms with E-state index in [1.54, 1.807) is 0 Å². The Morgan fingerprint density at radius 1 is 1.29 bits per heavy atom. The van der Waals surface area contributed by atoms with Crippen LogP contribution in [-0.2, 0) is 0 Å². The van der Waals surface area contributed by atoms with Crippen molar-refractivity contribution in [3.63, 3.8) is 0 Å². The molecule has 1 aliphatic heterocycles. The minimum Gasteiger partial charge on any atom is -0.465 e. The van der Waals surface area contributed by atoms with Gasteiger partial charge in [-0.25, -0.2) is 4.79 Å². The van der Waals surface area contributed by atoms with Crippen LogP contribution in [0.1, 0.15) is 6.42 Å².